The van der Waals surface area contributed by atoms with Gasteiger partial charge >= 0.3 is 5.97 Å². The van der Waals surface area contributed by atoms with E-state index in [1.807, 2.05) is 52.1 Å². The highest BCUT2D eigenvalue weighted by Gasteiger charge is 2.35. The Morgan fingerprint density at radius 3 is 2.49 bits per heavy atom. The second-order valence-electron chi connectivity index (χ2n) is 10.6. The van der Waals surface area contributed by atoms with Crippen LogP contribution in [-0.4, -0.2) is 32.5 Å². The molecule has 4 aromatic rings. The number of benzene rings is 2. The van der Waals surface area contributed by atoms with Gasteiger partial charge in [0.15, 0.2) is 5.82 Å². The summed E-state index contributed by atoms with van der Waals surface area (Å²) in [4.78, 5) is 33.8. The zero-order chi connectivity index (χ0) is 26.9. The van der Waals surface area contributed by atoms with Crippen molar-refractivity contribution < 1.29 is 14.7 Å². The molecule has 2 aromatic heterocycles. The molecule has 4 rings (SSSR count). The second-order valence-corrected chi connectivity index (χ2v) is 10.6. The fourth-order valence-corrected chi connectivity index (χ4v) is 4.93. The number of fused-ring (bicyclic) bond motifs is 3. The summed E-state index contributed by atoms with van der Waals surface area (Å²) in [5.74, 6) is -0.860. The van der Waals surface area contributed by atoms with Gasteiger partial charge in [-0.1, -0.05) is 32.0 Å². The van der Waals surface area contributed by atoms with Crippen LogP contribution in [0.3, 0.4) is 0 Å². The van der Waals surface area contributed by atoms with Crippen LogP contribution in [0.4, 0.5) is 5.82 Å². The Bertz CT molecular complexity index is 1510. The first-order valence-electron chi connectivity index (χ1n) is 12.6. The number of carbonyl (C=O) groups excluding carboxylic acids is 1. The van der Waals surface area contributed by atoms with Crippen LogP contribution in [0.25, 0.3) is 21.8 Å². The van der Waals surface area contributed by atoms with Gasteiger partial charge in [-0.3, -0.25) is 9.78 Å². The van der Waals surface area contributed by atoms with E-state index in [0.717, 1.165) is 51.4 Å². The molecule has 1 unspecified atom stereocenters. The van der Waals surface area contributed by atoms with Crippen LogP contribution in [0.15, 0.2) is 48.7 Å². The molecule has 7 heteroatoms. The lowest BCUT2D eigenvalue weighted by Gasteiger charge is -2.28. The Balaban J connectivity index is 1.53. The number of aliphatic carboxylic acids is 1. The Morgan fingerprint density at radius 2 is 1.81 bits per heavy atom. The van der Waals surface area contributed by atoms with Gasteiger partial charge in [-0.05, 0) is 92.5 Å². The third-order valence-corrected chi connectivity index (χ3v) is 6.84. The summed E-state index contributed by atoms with van der Waals surface area (Å²) < 4.78 is 0. The number of hydrogen-bond donors (Lipinski definition) is 3. The predicted molar refractivity (Wildman–Crippen MR) is 148 cm³/mol. The first-order valence-corrected chi connectivity index (χ1v) is 12.6. The fourth-order valence-electron chi connectivity index (χ4n) is 4.93. The number of carbonyl (C=O) groups is 2. The molecule has 0 aliphatic rings. The van der Waals surface area contributed by atoms with Crippen molar-refractivity contribution in [2.45, 2.75) is 59.4 Å². The number of aromatic nitrogens is 2. The number of anilines is 1. The molecule has 0 bridgehead atoms. The topological polar surface area (TPSA) is 118 Å². The molecule has 7 nitrogen and oxygen atoms in total. The van der Waals surface area contributed by atoms with Crippen molar-refractivity contribution in [3.05, 3.63) is 76.5 Å². The zero-order valence-electron chi connectivity index (χ0n) is 22.1. The standard InChI is InChI=1S/C30H34N4O3/c1-17(2)15-30(5,29(36)37)34-28(35)22-10-9-21(19(4)13-22)8-7-20-14-24-23-11-6-18(3)12-25(23)33-27(31)26(24)32-16-20/h6,9-14,16-17H,7-8,15H2,1-5H3,(H2,31,33)(H,34,35)(H,36,37). The van der Waals surface area contributed by atoms with Gasteiger partial charge in [-0.25, -0.2) is 9.78 Å². The SMILES string of the molecule is Cc1ccc2c(c1)nc(N)c1ncc(CCc3ccc(C(=O)NC(C)(CC(C)C)C(=O)O)cc3C)cc12. The summed E-state index contributed by atoms with van der Waals surface area (Å²) in [5.41, 5.74) is 11.2. The van der Waals surface area contributed by atoms with Gasteiger partial charge in [0.05, 0.1) is 5.52 Å². The summed E-state index contributed by atoms with van der Waals surface area (Å²) in [6, 6.07) is 13.8. The lowest BCUT2D eigenvalue weighted by atomic mass is 9.90. The Hall–Kier alpha value is -4.00. The van der Waals surface area contributed by atoms with Crippen LogP contribution in [0.1, 0.15) is 59.8 Å². The van der Waals surface area contributed by atoms with Crippen LogP contribution >= 0.6 is 0 Å². The lowest BCUT2D eigenvalue weighted by molar-refractivity contribution is -0.144. The minimum Gasteiger partial charge on any atom is -0.480 e. The van der Waals surface area contributed by atoms with Crippen molar-refractivity contribution in [3.63, 3.8) is 0 Å². The van der Waals surface area contributed by atoms with E-state index in [1.165, 1.54) is 0 Å². The predicted octanol–water partition coefficient (Wildman–Crippen LogP) is 5.39. The first kappa shape index (κ1) is 26.1. The van der Waals surface area contributed by atoms with Crippen LogP contribution in [0, 0.1) is 19.8 Å². The number of rotatable bonds is 8. The minimum absolute atomic E-state index is 0.130. The number of hydrogen-bond acceptors (Lipinski definition) is 5. The largest absolute Gasteiger partial charge is 0.480 e. The molecule has 192 valence electrons. The molecule has 2 aromatic carbocycles. The monoisotopic (exact) mass is 498 g/mol. The maximum absolute atomic E-state index is 12.9. The van der Waals surface area contributed by atoms with Gasteiger partial charge in [0.25, 0.3) is 5.91 Å². The smallest absolute Gasteiger partial charge is 0.329 e. The molecule has 0 aliphatic carbocycles. The molecule has 4 N–H and O–H groups in total. The molecule has 37 heavy (non-hydrogen) atoms. The highest BCUT2D eigenvalue weighted by molar-refractivity contribution is 6.08. The van der Waals surface area contributed by atoms with E-state index in [2.05, 4.69) is 33.5 Å². The second kappa shape index (κ2) is 10.2. The number of nitrogens with zero attached hydrogens (tertiary/aromatic N) is 2. The number of aryl methyl sites for hydroxylation is 4. The number of nitrogen functional groups attached to an aromatic ring is 1. The molecule has 0 saturated heterocycles. The van der Waals surface area contributed by atoms with Gasteiger partial charge in [0.1, 0.15) is 11.1 Å². The van der Waals surface area contributed by atoms with E-state index in [1.54, 1.807) is 13.0 Å². The van der Waals surface area contributed by atoms with Crippen molar-refractivity contribution in [1.82, 2.24) is 15.3 Å². The highest BCUT2D eigenvalue weighted by atomic mass is 16.4. The van der Waals surface area contributed by atoms with Crippen LogP contribution < -0.4 is 11.1 Å². The molecule has 0 radical (unpaired) electrons. The van der Waals surface area contributed by atoms with Gasteiger partial charge in [-0.15, -0.1) is 0 Å². The quantitative estimate of drug-likeness (QED) is 0.281. The first-order chi connectivity index (χ1) is 17.5. The molecule has 1 amide bonds. The highest BCUT2D eigenvalue weighted by Crippen LogP contribution is 2.28. The number of nitrogens with one attached hydrogen (secondary N) is 1. The van der Waals surface area contributed by atoms with Crippen LogP contribution in [-0.2, 0) is 17.6 Å². The van der Waals surface area contributed by atoms with Gasteiger partial charge in [0.2, 0.25) is 0 Å². The summed E-state index contributed by atoms with van der Waals surface area (Å²) in [5, 5.41) is 14.4. The van der Waals surface area contributed by atoms with Crippen molar-refractivity contribution in [3.8, 4) is 0 Å². The summed E-state index contributed by atoms with van der Waals surface area (Å²) in [6.07, 6.45) is 3.75. The van der Waals surface area contributed by atoms with E-state index in [4.69, 9.17) is 5.73 Å². The van der Waals surface area contributed by atoms with E-state index >= 15 is 0 Å². The normalized spacial score (nSPS) is 13.1. The van der Waals surface area contributed by atoms with Crippen molar-refractivity contribution in [2.24, 2.45) is 5.92 Å². The molecule has 1 atom stereocenters. The average Bonchev–Trinajstić information content (AvgIpc) is 2.82. The van der Waals surface area contributed by atoms with Gasteiger partial charge < -0.3 is 16.2 Å². The average molecular weight is 499 g/mol. The maximum Gasteiger partial charge on any atom is 0.329 e. The molecule has 2 heterocycles. The third kappa shape index (κ3) is 5.56. The number of pyridine rings is 2. The summed E-state index contributed by atoms with van der Waals surface area (Å²) >= 11 is 0. The molecule has 0 saturated carbocycles. The molecular formula is C30H34N4O3. The van der Waals surface area contributed by atoms with Gasteiger partial charge in [0, 0.05) is 22.5 Å². The third-order valence-electron chi connectivity index (χ3n) is 6.84. The fraction of sp³-hybridized carbons (Fsp3) is 0.333. The zero-order valence-corrected chi connectivity index (χ0v) is 22.1. The molecule has 0 fully saturated rings. The van der Waals surface area contributed by atoms with E-state index in [-0.39, 0.29) is 11.8 Å². The van der Waals surface area contributed by atoms with Crippen LogP contribution in [0.5, 0.6) is 0 Å². The Morgan fingerprint density at radius 1 is 1.05 bits per heavy atom. The number of carboxylic acid groups (broad SMARTS) is 1. The van der Waals surface area contributed by atoms with E-state index < -0.39 is 11.5 Å². The lowest BCUT2D eigenvalue weighted by Crippen LogP contribution is -2.53. The molecule has 0 spiro atoms. The van der Waals surface area contributed by atoms with Gasteiger partial charge in [-0.2, -0.15) is 0 Å². The molecule has 0 aliphatic heterocycles. The number of amides is 1. The Labute approximate surface area is 217 Å². The molecular weight excluding hydrogens is 464 g/mol. The number of carboxylic acids is 1. The summed E-state index contributed by atoms with van der Waals surface area (Å²) in [6.45, 7) is 9.43. The number of nitrogens with two attached hydrogens (primary N) is 1. The van der Waals surface area contributed by atoms with E-state index in [0.29, 0.717) is 23.3 Å². The minimum atomic E-state index is -1.32. The van der Waals surface area contributed by atoms with Crippen molar-refractivity contribution >= 4 is 39.5 Å². The maximum atomic E-state index is 12.9. The van der Waals surface area contributed by atoms with Crippen LogP contribution in [0.2, 0.25) is 0 Å². The Kier molecular flexibility index (Phi) is 7.16. The van der Waals surface area contributed by atoms with Crippen molar-refractivity contribution in [1.29, 1.82) is 0 Å². The van der Waals surface area contributed by atoms with Crippen molar-refractivity contribution in [2.75, 3.05) is 5.73 Å². The summed E-state index contributed by atoms with van der Waals surface area (Å²) in [7, 11) is 0. The van der Waals surface area contributed by atoms with E-state index in [9.17, 15) is 14.7 Å².